The van der Waals surface area contributed by atoms with Crippen LogP contribution in [0, 0.1) is 0 Å². The summed E-state index contributed by atoms with van der Waals surface area (Å²) >= 11 is 12.1. The molecule has 106 valence electrons. The lowest BCUT2D eigenvalue weighted by Gasteiger charge is -2.04. The van der Waals surface area contributed by atoms with E-state index >= 15 is 0 Å². The van der Waals surface area contributed by atoms with Gasteiger partial charge >= 0.3 is 0 Å². The monoisotopic (exact) mass is 318 g/mol. The number of fused-ring (bicyclic) bond motifs is 1. The molecule has 0 radical (unpaired) electrons. The van der Waals surface area contributed by atoms with Gasteiger partial charge in [-0.2, -0.15) is 0 Å². The summed E-state index contributed by atoms with van der Waals surface area (Å²) in [6.45, 7) is 0. The van der Waals surface area contributed by atoms with Crippen LogP contribution >= 0.6 is 23.2 Å². The summed E-state index contributed by atoms with van der Waals surface area (Å²) in [6.07, 6.45) is 1.79. The number of ketones is 1. The Morgan fingerprint density at radius 2 is 1.86 bits per heavy atom. The molecule has 1 heterocycles. The SMILES string of the molecule is Cn1cc(C(=O)c2ccc(N)cc2Cl)c2ccc(Cl)cc21. The molecule has 0 atom stereocenters. The Kier molecular flexibility index (Phi) is 3.40. The summed E-state index contributed by atoms with van der Waals surface area (Å²) in [6, 6.07) is 10.3. The fraction of sp³-hybridized carbons (Fsp3) is 0.0625. The number of hydrogen-bond donors (Lipinski definition) is 1. The number of anilines is 1. The van der Waals surface area contributed by atoms with Crippen molar-refractivity contribution in [3.05, 3.63) is 63.8 Å². The predicted octanol–water partition coefficient (Wildman–Crippen LogP) is 4.30. The third kappa shape index (κ3) is 2.39. The number of hydrogen-bond acceptors (Lipinski definition) is 2. The van der Waals surface area contributed by atoms with Crippen molar-refractivity contribution in [1.29, 1.82) is 0 Å². The fourth-order valence-electron chi connectivity index (χ4n) is 2.40. The molecule has 0 fully saturated rings. The smallest absolute Gasteiger partial charge is 0.196 e. The van der Waals surface area contributed by atoms with Crippen molar-refractivity contribution in [2.75, 3.05) is 5.73 Å². The number of benzene rings is 2. The van der Waals surface area contributed by atoms with E-state index in [9.17, 15) is 4.79 Å². The Balaban J connectivity index is 2.18. The number of aromatic nitrogens is 1. The Bertz CT molecular complexity index is 868. The summed E-state index contributed by atoms with van der Waals surface area (Å²) < 4.78 is 1.87. The second-order valence-electron chi connectivity index (χ2n) is 4.88. The average Bonchev–Trinajstić information content (AvgIpc) is 2.75. The summed E-state index contributed by atoms with van der Waals surface area (Å²) in [5.74, 6) is -0.132. The molecule has 0 bridgehead atoms. The van der Waals surface area contributed by atoms with E-state index in [2.05, 4.69) is 0 Å². The number of carbonyl (C=O) groups is 1. The van der Waals surface area contributed by atoms with Crippen molar-refractivity contribution in [3.63, 3.8) is 0 Å². The van der Waals surface area contributed by atoms with Crippen molar-refractivity contribution in [2.24, 2.45) is 7.05 Å². The predicted molar refractivity (Wildman–Crippen MR) is 87.2 cm³/mol. The van der Waals surface area contributed by atoms with Crippen LogP contribution in [0.25, 0.3) is 10.9 Å². The lowest BCUT2D eigenvalue weighted by Crippen LogP contribution is -2.02. The largest absolute Gasteiger partial charge is 0.399 e. The summed E-state index contributed by atoms with van der Waals surface area (Å²) in [5, 5.41) is 1.83. The van der Waals surface area contributed by atoms with Crippen LogP contribution in [-0.4, -0.2) is 10.4 Å². The highest BCUT2D eigenvalue weighted by molar-refractivity contribution is 6.36. The second kappa shape index (κ2) is 5.10. The van der Waals surface area contributed by atoms with Gasteiger partial charge in [0.2, 0.25) is 0 Å². The molecule has 0 saturated heterocycles. The Labute approximate surface area is 131 Å². The summed E-state index contributed by atoms with van der Waals surface area (Å²) in [5.41, 5.74) is 8.12. The molecule has 21 heavy (non-hydrogen) atoms. The van der Waals surface area contributed by atoms with Gasteiger partial charge in [0.05, 0.1) is 5.02 Å². The van der Waals surface area contributed by atoms with E-state index in [0.717, 1.165) is 10.9 Å². The molecule has 3 rings (SSSR count). The van der Waals surface area contributed by atoms with Crippen LogP contribution in [0.2, 0.25) is 10.0 Å². The van der Waals surface area contributed by atoms with Crippen LogP contribution in [0.5, 0.6) is 0 Å². The number of nitrogens with zero attached hydrogens (tertiary/aromatic N) is 1. The number of rotatable bonds is 2. The zero-order chi connectivity index (χ0) is 15.1. The Hall–Kier alpha value is -1.97. The van der Waals surface area contributed by atoms with E-state index in [1.807, 2.05) is 23.7 Å². The van der Waals surface area contributed by atoms with Crippen molar-refractivity contribution >= 4 is 45.6 Å². The number of carbonyl (C=O) groups excluding carboxylic acids is 1. The molecule has 2 N–H and O–H groups in total. The Morgan fingerprint density at radius 3 is 2.57 bits per heavy atom. The first kappa shape index (κ1) is 14.0. The molecule has 1 aromatic heterocycles. The second-order valence-corrected chi connectivity index (χ2v) is 5.73. The molecular weight excluding hydrogens is 307 g/mol. The fourth-order valence-corrected chi connectivity index (χ4v) is 2.84. The molecule has 0 aliphatic heterocycles. The van der Waals surface area contributed by atoms with Crippen molar-refractivity contribution in [3.8, 4) is 0 Å². The minimum absolute atomic E-state index is 0.132. The lowest BCUT2D eigenvalue weighted by atomic mass is 10.0. The Morgan fingerprint density at radius 1 is 1.10 bits per heavy atom. The molecule has 0 aliphatic rings. The first-order valence-electron chi connectivity index (χ1n) is 6.31. The number of aryl methyl sites for hydroxylation is 1. The quantitative estimate of drug-likeness (QED) is 0.565. The number of nitrogen functional groups attached to an aromatic ring is 1. The van der Waals surface area contributed by atoms with Crippen molar-refractivity contribution in [2.45, 2.75) is 0 Å². The highest BCUT2D eigenvalue weighted by Gasteiger charge is 2.18. The van der Waals surface area contributed by atoms with E-state index in [4.69, 9.17) is 28.9 Å². The lowest BCUT2D eigenvalue weighted by molar-refractivity contribution is 0.104. The summed E-state index contributed by atoms with van der Waals surface area (Å²) in [4.78, 5) is 12.7. The molecule has 2 aromatic carbocycles. The molecule has 0 unspecified atom stereocenters. The normalized spacial score (nSPS) is 11.0. The maximum Gasteiger partial charge on any atom is 0.196 e. The van der Waals surface area contributed by atoms with Gasteiger partial charge in [0.15, 0.2) is 5.78 Å². The molecule has 0 amide bonds. The minimum atomic E-state index is -0.132. The van der Waals surface area contributed by atoms with E-state index in [1.165, 1.54) is 0 Å². The van der Waals surface area contributed by atoms with Gasteiger partial charge < -0.3 is 10.3 Å². The van der Waals surface area contributed by atoms with Gasteiger partial charge in [-0.3, -0.25) is 4.79 Å². The molecule has 0 aliphatic carbocycles. The molecule has 3 aromatic rings. The van der Waals surface area contributed by atoms with Gasteiger partial charge in [0, 0.05) is 46.0 Å². The van der Waals surface area contributed by atoms with Gasteiger partial charge in [0.25, 0.3) is 0 Å². The third-order valence-electron chi connectivity index (χ3n) is 3.44. The van der Waals surface area contributed by atoms with Crippen LogP contribution < -0.4 is 5.73 Å². The number of nitrogens with two attached hydrogens (primary N) is 1. The minimum Gasteiger partial charge on any atom is -0.399 e. The van der Waals surface area contributed by atoms with Crippen LogP contribution in [0.4, 0.5) is 5.69 Å². The summed E-state index contributed by atoms with van der Waals surface area (Å²) in [7, 11) is 1.88. The number of halogens is 2. The molecule has 3 nitrogen and oxygen atoms in total. The van der Waals surface area contributed by atoms with E-state index in [-0.39, 0.29) is 5.78 Å². The third-order valence-corrected chi connectivity index (χ3v) is 3.98. The molecular formula is C16H12Cl2N2O. The van der Waals surface area contributed by atoms with Gasteiger partial charge in [-0.15, -0.1) is 0 Å². The van der Waals surface area contributed by atoms with Gasteiger partial charge in [-0.1, -0.05) is 29.3 Å². The molecule has 5 heteroatoms. The first-order chi connectivity index (χ1) is 9.97. The maximum atomic E-state index is 12.7. The average molecular weight is 319 g/mol. The van der Waals surface area contributed by atoms with Crippen LogP contribution in [0.15, 0.2) is 42.6 Å². The van der Waals surface area contributed by atoms with Gasteiger partial charge in [-0.25, -0.2) is 0 Å². The molecule has 0 saturated carbocycles. The first-order valence-corrected chi connectivity index (χ1v) is 7.07. The topological polar surface area (TPSA) is 48.0 Å². The van der Waals surface area contributed by atoms with Crippen LogP contribution in [-0.2, 0) is 7.05 Å². The molecule has 0 spiro atoms. The van der Waals surface area contributed by atoms with Crippen LogP contribution in [0.3, 0.4) is 0 Å². The van der Waals surface area contributed by atoms with E-state index in [0.29, 0.717) is 26.9 Å². The highest BCUT2D eigenvalue weighted by Crippen LogP contribution is 2.28. The van der Waals surface area contributed by atoms with Gasteiger partial charge in [-0.05, 0) is 30.3 Å². The van der Waals surface area contributed by atoms with E-state index in [1.54, 1.807) is 30.5 Å². The van der Waals surface area contributed by atoms with Gasteiger partial charge in [0.1, 0.15) is 0 Å². The maximum absolute atomic E-state index is 12.7. The highest BCUT2D eigenvalue weighted by atomic mass is 35.5. The van der Waals surface area contributed by atoms with Crippen molar-refractivity contribution < 1.29 is 4.79 Å². The standard InChI is InChI=1S/C16H12Cl2N2O/c1-20-8-13(11-4-2-9(17)6-15(11)20)16(21)12-5-3-10(19)7-14(12)18/h2-8H,19H2,1H3. The van der Waals surface area contributed by atoms with Crippen LogP contribution in [0.1, 0.15) is 15.9 Å². The zero-order valence-corrected chi connectivity index (χ0v) is 12.7. The van der Waals surface area contributed by atoms with E-state index < -0.39 is 0 Å². The van der Waals surface area contributed by atoms with Crippen molar-refractivity contribution in [1.82, 2.24) is 4.57 Å². The zero-order valence-electron chi connectivity index (χ0n) is 11.2.